The first-order valence-corrected chi connectivity index (χ1v) is 8.35. The molecule has 0 aromatic heterocycles. The molecular formula is C19H27NO2. The Morgan fingerprint density at radius 2 is 2.14 bits per heavy atom. The smallest absolute Gasteiger partial charge is 0.161 e. The molecule has 0 spiro atoms. The Balaban J connectivity index is 2.26. The third-order valence-corrected chi connectivity index (χ3v) is 5.92. The minimum atomic E-state index is -0.0980. The van der Waals surface area contributed by atoms with Crippen LogP contribution in [0.2, 0.25) is 0 Å². The van der Waals surface area contributed by atoms with E-state index in [1.54, 1.807) is 7.11 Å². The molecule has 22 heavy (non-hydrogen) atoms. The average Bonchev–Trinajstić information content (AvgIpc) is 2.63. The molecule has 0 bridgehead atoms. The molecule has 2 aliphatic rings. The van der Waals surface area contributed by atoms with Crippen molar-refractivity contribution in [3.63, 3.8) is 0 Å². The lowest BCUT2D eigenvalue weighted by atomic mass is 9.58. The van der Waals surface area contributed by atoms with Crippen molar-refractivity contribution in [3.8, 4) is 11.5 Å². The average molecular weight is 301 g/mol. The Hall–Kier alpha value is -1.48. The first-order chi connectivity index (χ1) is 10.5. The van der Waals surface area contributed by atoms with Crippen LogP contribution in [0.3, 0.4) is 0 Å². The van der Waals surface area contributed by atoms with Crippen LogP contribution < -0.4 is 10.5 Å². The lowest BCUT2D eigenvalue weighted by Crippen LogP contribution is -2.46. The summed E-state index contributed by atoms with van der Waals surface area (Å²) >= 11 is 0. The van der Waals surface area contributed by atoms with Crippen LogP contribution in [0.25, 0.3) is 0 Å². The van der Waals surface area contributed by atoms with Gasteiger partial charge in [0, 0.05) is 17.0 Å². The monoisotopic (exact) mass is 301 g/mol. The van der Waals surface area contributed by atoms with Gasteiger partial charge in [0.2, 0.25) is 0 Å². The van der Waals surface area contributed by atoms with E-state index in [0.717, 1.165) is 44.1 Å². The predicted molar refractivity (Wildman–Crippen MR) is 89.4 cm³/mol. The first kappa shape index (κ1) is 15.4. The fourth-order valence-electron chi connectivity index (χ4n) is 4.83. The van der Waals surface area contributed by atoms with Crippen LogP contribution in [-0.2, 0) is 11.8 Å². The third kappa shape index (κ3) is 2.14. The second-order valence-electron chi connectivity index (χ2n) is 6.93. The number of aromatic hydroxyl groups is 1. The molecule has 3 N–H and O–H groups in total. The van der Waals surface area contributed by atoms with Crippen molar-refractivity contribution in [2.75, 3.05) is 7.11 Å². The van der Waals surface area contributed by atoms with E-state index < -0.39 is 0 Å². The Kier molecular flexibility index (Phi) is 3.94. The van der Waals surface area contributed by atoms with Crippen LogP contribution in [0, 0.1) is 5.92 Å². The summed E-state index contributed by atoms with van der Waals surface area (Å²) in [5.74, 6) is 1.29. The number of phenolic OH excluding ortho intramolecular Hbond substituents is 1. The number of hydrogen-bond acceptors (Lipinski definition) is 3. The van der Waals surface area contributed by atoms with E-state index in [9.17, 15) is 5.11 Å². The van der Waals surface area contributed by atoms with Crippen molar-refractivity contribution in [3.05, 3.63) is 35.4 Å². The van der Waals surface area contributed by atoms with Crippen LogP contribution in [0.5, 0.6) is 11.5 Å². The van der Waals surface area contributed by atoms with Gasteiger partial charge in [-0.25, -0.2) is 0 Å². The highest BCUT2D eigenvalue weighted by atomic mass is 16.5. The standard InChI is InChI=1S/C19H27NO2/c1-4-19-11-12(2)5-8-14(19)15(20)9-6-13-7-10-16(22-3)18(21)17(13)19/h7,10,14-15,21H,2,4-6,8-9,11,20H2,1,3H3/t14?,15?,19-/m1/s1. The fraction of sp³-hybridized carbons (Fsp3) is 0.579. The molecule has 1 saturated carbocycles. The van der Waals surface area contributed by atoms with Gasteiger partial charge >= 0.3 is 0 Å². The molecule has 3 heteroatoms. The van der Waals surface area contributed by atoms with Crippen molar-refractivity contribution in [1.82, 2.24) is 0 Å². The van der Waals surface area contributed by atoms with E-state index >= 15 is 0 Å². The van der Waals surface area contributed by atoms with Crippen LogP contribution in [0.1, 0.15) is 50.2 Å². The highest BCUT2D eigenvalue weighted by Gasteiger charge is 2.48. The molecule has 0 aliphatic heterocycles. The van der Waals surface area contributed by atoms with Crippen LogP contribution in [0.4, 0.5) is 0 Å². The Morgan fingerprint density at radius 3 is 2.82 bits per heavy atom. The molecule has 2 aliphatic carbocycles. The highest BCUT2D eigenvalue weighted by molar-refractivity contribution is 5.55. The number of ether oxygens (including phenoxy) is 1. The van der Waals surface area contributed by atoms with Gasteiger partial charge in [0.05, 0.1) is 7.11 Å². The van der Waals surface area contributed by atoms with E-state index in [1.807, 2.05) is 6.07 Å². The highest BCUT2D eigenvalue weighted by Crippen LogP contribution is 2.55. The normalized spacial score (nSPS) is 31.1. The van der Waals surface area contributed by atoms with Gasteiger partial charge in [-0.1, -0.05) is 25.1 Å². The van der Waals surface area contributed by atoms with E-state index in [-0.39, 0.29) is 11.5 Å². The fourth-order valence-corrected chi connectivity index (χ4v) is 4.83. The molecule has 3 rings (SSSR count). The second kappa shape index (κ2) is 5.62. The molecule has 3 atom stereocenters. The second-order valence-corrected chi connectivity index (χ2v) is 6.93. The lowest BCUT2D eigenvalue weighted by molar-refractivity contribution is 0.174. The summed E-state index contributed by atoms with van der Waals surface area (Å²) in [6, 6.07) is 4.17. The zero-order valence-corrected chi connectivity index (χ0v) is 13.7. The Labute approximate surface area is 133 Å². The lowest BCUT2D eigenvalue weighted by Gasteiger charge is -2.47. The van der Waals surface area contributed by atoms with Crippen molar-refractivity contribution in [1.29, 1.82) is 0 Å². The van der Waals surface area contributed by atoms with Gasteiger partial charge in [0.15, 0.2) is 11.5 Å². The number of aryl methyl sites for hydroxylation is 1. The molecule has 0 amide bonds. The summed E-state index contributed by atoms with van der Waals surface area (Å²) in [7, 11) is 1.61. The number of allylic oxidation sites excluding steroid dienone is 1. The van der Waals surface area contributed by atoms with Gasteiger partial charge in [-0.2, -0.15) is 0 Å². The molecule has 120 valence electrons. The van der Waals surface area contributed by atoms with Crippen molar-refractivity contribution in [2.24, 2.45) is 11.7 Å². The Bertz CT molecular complexity index is 595. The van der Waals surface area contributed by atoms with Gasteiger partial charge < -0.3 is 15.6 Å². The summed E-state index contributed by atoms with van der Waals surface area (Å²) < 4.78 is 5.37. The maximum atomic E-state index is 10.9. The minimum Gasteiger partial charge on any atom is -0.504 e. The van der Waals surface area contributed by atoms with Crippen molar-refractivity contribution in [2.45, 2.75) is 56.9 Å². The van der Waals surface area contributed by atoms with Crippen molar-refractivity contribution < 1.29 is 9.84 Å². The summed E-state index contributed by atoms with van der Waals surface area (Å²) in [5.41, 5.74) is 10.0. The van der Waals surface area contributed by atoms with Crippen LogP contribution in [-0.4, -0.2) is 18.3 Å². The van der Waals surface area contributed by atoms with Crippen molar-refractivity contribution >= 4 is 0 Å². The molecule has 0 saturated heterocycles. The van der Waals surface area contributed by atoms with Crippen LogP contribution in [0.15, 0.2) is 24.3 Å². The minimum absolute atomic E-state index is 0.0980. The molecule has 0 heterocycles. The largest absolute Gasteiger partial charge is 0.504 e. The van der Waals surface area contributed by atoms with E-state index in [0.29, 0.717) is 17.4 Å². The zero-order valence-electron chi connectivity index (χ0n) is 13.7. The molecule has 2 unspecified atom stereocenters. The van der Waals surface area contributed by atoms with E-state index in [2.05, 4.69) is 19.6 Å². The molecule has 0 radical (unpaired) electrons. The first-order valence-electron chi connectivity index (χ1n) is 8.35. The summed E-state index contributed by atoms with van der Waals surface area (Å²) in [4.78, 5) is 0. The number of phenols is 1. The molecule has 1 aromatic carbocycles. The van der Waals surface area contributed by atoms with E-state index in [1.165, 1.54) is 11.1 Å². The maximum absolute atomic E-state index is 10.9. The predicted octanol–water partition coefficient (Wildman–Crippen LogP) is 3.68. The number of nitrogens with two attached hydrogens (primary N) is 1. The van der Waals surface area contributed by atoms with Crippen LogP contribution >= 0.6 is 0 Å². The summed E-state index contributed by atoms with van der Waals surface area (Å²) in [6.07, 6.45) is 5.94. The molecular weight excluding hydrogens is 274 g/mol. The molecule has 3 nitrogen and oxygen atoms in total. The molecule has 1 fully saturated rings. The number of hydrogen-bond donors (Lipinski definition) is 2. The van der Waals surface area contributed by atoms with E-state index in [4.69, 9.17) is 10.5 Å². The number of benzene rings is 1. The number of fused-ring (bicyclic) bond motifs is 3. The topological polar surface area (TPSA) is 55.5 Å². The van der Waals surface area contributed by atoms with Gasteiger partial charge in [0.1, 0.15) is 0 Å². The SMILES string of the molecule is C=C1CCC2C(N)CCc3ccc(OC)c(O)c3[C@]2(CC)C1. The van der Waals surface area contributed by atoms with Gasteiger partial charge in [-0.05, 0) is 56.1 Å². The van der Waals surface area contributed by atoms with Gasteiger partial charge in [-0.15, -0.1) is 0 Å². The zero-order chi connectivity index (χ0) is 15.9. The van der Waals surface area contributed by atoms with Gasteiger partial charge in [-0.3, -0.25) is 0 Å². The molecule has 1 aromatic rings. The quantitative estimate of drug-likeness (QED) is 0.819. The number of rotatable bonds is 2. The summed E-state index contributed by atoms with van der Waals surface area (Å²) in [5, 5.41) is 10.9. The Morgan fingerprint density at radius 1 is 1.36 bits per heavy atom. The van der Waals surface area contributed by atoms with Gasteiger partial charge in [0.25, 0.3) is 0 Å². The summed E-state index contributed by atoms with van der Waals surface area (Å²) in [6.45, 7) is 6.46. The maximum Gasteiger partial charge on any atom is 0.161 e. The number of methoxy groups -OCH3 is 1. The third-order valence-electron chi connectivity index (χ3n) is 5.92.